The van der Waals surface area contributed by atoms with Gasteiger partial charge >= 0.3 is 0 Å². The smallest absolute Gasteiger partial charge is 0.281 e. The van der Waals surface area contributed by atoms with Crippen LogP contribution in [-0.4, -0.2) is 60.3 Å². The predicted octanol–water partition coefficient (Wildman–Crippen LogP) is 0.871. The van der Waals surface area contributed by atoms with Gasteiger partial charge in [-0.2, -0.15) is 22.0 Å². The average Bonchev–Trinajstić information content (AvgIpc) is 3.16. The summed E-state index contributed by atoms with van der Waals surface area (Å²) in [5.41, 5.74) is 0.829. The molecular weight excluding hydrogens is 370 g/mol. The van der Waals surface area contributed by atoms with Gasteiger partial charge < -0.3 is 9.84 Å². The summed E-state index contributed by atoms with van der Waals surface area (Å²) in [5.74, 6) is 0.148. The molecule has 3 rings (SSSR count). The van der Waals surface area contributed by atoms with Crippen molar-refractivity contribution in [3.05, 3.63) is 36.2 Å². The minimum Gasteiger partial charge on any atom is -0.347 e. The molecule has 0 bridgehead atoms. The summed E-state index contributed by atoms with van der Waals surface area (Å²) in [6, 6.07) is 9.40. The third-order valence-corrected chi connectivity index (χ3v) is 6.36. The Kier molecular flexibility index (Phi) is 5.88. The summed E-state index contributed by atoms with van der Waals surface area (Å²) >= 11 is 0. The quantitative estimate of drug-likeness (QED) is 0.780. The van der Waals surface area contributed by atoms with E-state index in [0.29, 0.717) is 31.1 Å². The van der Waals surface area contributed by atoms with Crippen molar-refractivity contribution in [3.63, 3.8) is 0 Å². The second-order valence-corrected chi connectivity index (χ2v) is 8.73. The first kappa shape index (κ1) is 19.5. The number of piperidine rings is 1. The van der Waals surface area contributed by atoms with E-state index in [1.807, 2.05) is 30.3 Å². The van der Waals surface area contributed by atoms with Crippen LogP contribution in [-0.2, 0) is 21.5 Å². The fourth-order valence-corrected chi connectivity index (χ4v) is 4.13. The number of nitrogens with zero attached hydrogens (tertiary/aromatic N) is 4. The summed E-state index contributed by atoms with van der Waals surface area (Å²) < 4.78 is 32.2. The van der Waals surface area contributed by atoms with E-state index in [2.05, 4.69) is 15.5 Å². The maximum atomic E-state index is 12.5. The van der Waals surface area contributed by atoms with Crippen molar-refractivity contribution in [2.45, 2.75) is 19.4 Å². The molecule has 0 radical (unpaired) electrons. The lowest BCUT2D eigenvalue weighted by Gasteiger charge is -2.32. The molecule has 27 heavy (non-hydrogen) atoms. The fraction of sp³-hybridized carbons (Fsp3) is 0.471. The molecule has 146 valence electrons. The van der Waals surface area contributed by atoms with Crippen LogP contribution in [0.5, 0.6) is 0 Å². The first-order valence-corrected chi connectivity index (χ1v) is 10.1. The van der Waals surface area contributed by atoms with Crippen molar-refractivity contribution in [1.82, 2.24) is 24.1 Å². The summed E-state index contributed by atoms with van der Waals surface area (Å²) in [5, 5.41) is 6.67. The van der Waals surface area contributed by atoms with Gasteiger partial charge in [0, 0.05) is 32.7 Å². The van der Waals surface area contributed by atoms with Crippen LogP contribution in [0, 0.1) is 5.92 Å². The number of carbonyl (C=O) groups is 1. The standard InChI is InChI=1S/C17H23N5O4S/c1-21(2)27(24,25)22-10-6-9-14(12-22)17(23)18-11-15-19-16(20-26-15)13-7-4-3-5-8-13/h3-5,7-8,14H,6,9-12H2,1-2H3,(H,18,23)/t14-/m0/s1. The fourth-order valence-electron chi connectivity index (χ4n) is 2.94. The highest BCUT2D eigenvalue weighted by Gasteiger charge is 2.33. The molecule has 1 fully saturated rings. The van der Waals surface area contributed by atoms with E-state index in [9.17, 15) is 13.2 Å². The largest absolute Gasteiger partial charge is 0.347 e. The van der Waals surface area contributed by atoms with E-state index in [0.717, 1.165) is 9.87 Å². The Bertz CT molecular complexity index is 882. The second-order valence-electron chi connectivity index (χ2n) is 6.58. The van der Waals surface area contributed by atoms with Gasteiger partial charge in [0.25, 0.3) is 10.2 Å². The van der Waals surface area contributed by atoms with E-state index >= 15 is 0 Å². The third kappa shape index (κ3) is 4.52. The zero-order valence-electron chi connectivity index (χ0n) is 15.3. The van der Waals surface area contributed by atoms with Gasteiger partial charge in [-0.05, 0) is 12.8 Å². The van der Waals surface area contributed by atoms with Crippen LogP contribution < -0.4 is 5.32 Å². The molecule has 1 atom stereocenters. The summed E-state index contributed by atoms with van der Waals surface area (Å²) in [7, 11) is -0.545. The van der Waals surface area contributed by atoms with Crippen LogP contribution in [0.2, 0.25) is 0 Å². The Morgan fingerprint density at radius 1 is 1.33 bits per heavy atom. The minimum atomic E-state index is -3.51. The molecule has 1 aromatic carbocycles. The molecule has 0 saturated carbocycles. The van der Waals surface area contributed by atoms with Gasteiger partial charge in [0.05, 0.1) is 12.5 Å². The molecule has 1 aliphatic rings. The maximum absolute atomic E-state index is 12.5. The molecule has 0 unspecified atom stereocenters. The van der Waals surface area contributed by atoms with Crippen LogP contribution in [0.25, 0.3) is 11.4 Å². The zero-order chi connectivity index (χ0) is 19.4. The van der Waals surface area contributed by atoms with E-state index in [1.54, 1.807) is 0 Å². The van der Waals surface area contributed by atoms with E-state index in [-0.39, 0.29) is 19.0 Å². The molecule has 2 aromatic rings. The topological polar surface area (TPSA) is 109 Å². The highest BCUT2D eigenvalue weighted by atomic mass is 32.2. The Morgan fingerprint density at radius 2 is 2.07 bits per heavy atom. The SMILES string of the molecule is CN(C)S(=O)(=O)N1CCC[C@H](C(=O)NCc2nc(-c3ccccc3)no2)C1. The van der Waals surface area contributed by atoms with Crippen LogP contribution in [0.1, 0.15) is 18.7 Å². The van der Waals surface area contributed by atoms with Crippen LogP contribution in [0.4, 0.5) is 0 Å². The lowest BCUT2D eigenvalue weighted by molar-refractivity contribution is -0.126. The monoisotopic (exact) mass is 393 g/mol. The molecule has 1 N–H and O–H groups in total. The molecule has 1 amide bonds. The van der Waals surface area contributed by atoms with Crippen molar-refractivity contribution in [2.75, 3.05) is 27.2 Å². The number of rotatable bonds is 6. The number of aromatic nitrogens is 2. The maximum Gasteiger partial charge on any atom is 0.281 e. The van der Waals surface area contributed by atoms with E-state index in [4.69, 9.17) is 4.52 Å². The molecule has 1 aromatic heterocycles. The zero-order valence-corrected chi connectivity index (χ0v) is 16.1. The number of hydrogen-bond acceptors (Lipinski definition) is 6. The van der Waals surface area contributed by atoms with Gasteiger partial charge in [-0.3, -0.25) is 4.79 Å². The Balaban J connectivity index is 1.57. The first-order chi connectivity index (χ1) is 12.9. The lowest BCUT2D eigenvalue weighted by Crippen LogP contribution is -2.48. The van der Waals surface area contributed by atoms with Gasteiger partial charge in [-0.25, -0.2) is 0 Å². The highest BCUT2D eigenvalue weighted by molar-refractivity contribution is 7.86. The molecule has 0 aliphatic carbocycles. The Labute approximate surface area is 158 Å². The van der Waals surface area contributed by atoms with Crippen LogP contribution in [0.15, 0.2) is 34.9 Å². The third-order valence-electron chi connectivity index (χ3n) is 4.46. The first-order valence-electron chi connectivity index (χ1n) is 8.71. The van der Waals surface area contributed by atoms with Crippen molar-refractivity contribution in [1.29, 1.82) is 0 Å². The Hall–Kier alpha value is -2.30. The van der Waals surface area contributed by atoms with Crippen molar-refractivity contribution in [3.8, 4) is 11.4 Å². The summed E-state index contributed by atoms with van der Waals surface area (Å²) in [6.07, 6.45) is 1.29. The van der Waals surface area contributed by atoms with E-state index < -0.39 is 16.1 Å². The number of nitrogens with one attached hydrogen (secondary N) is 1. The molecule has 1 saturated heterocycles. The average molecular weight is 393 g/mol. The van der Waals surface area contributed by atoms with Gasteiger partial charge in [0.2, 0.25) is 17.6 Å². The Morgan fingerprint density at radius 3 is 2.78 bits per heavy atom. The summed E-state index contributed by atoms with van der Waals surface area (Å²) in [6.45, 7) is 0.704. The number of amides is 1. The minimum absolute atomic E-state index is 0.107. The van der Waals surface area contributed by atoms with Crippen LogP contribution in [0.3, 0.4) is 0 Å². The normalized spacial score (nSPS) is 18.6. The van der Waals surface area contributed by atoms with Crippen molar-refractivity contribution < 1.29 is 17.7 Å². The molecule has 10 heteroatoms. The molecular formula is C17H23N5O4S. The molecule has 9 nitrogen and oxygen atoms in total. The van der Waals surface area contributed by atoms with Gasteiger partial charge in [-0.1, -0.05) is 35.5 Å². The van der Waals surface area contributed by atoms with Gasteiger partial charge in [-0.15, -0.1) is 0 Å². The highest BCUT2D eigenvalue weighted by Crippen LogP contribution is 2.20. The number of carbonyl (C=O) groups excluding carboxylic acids is 1. The number of hydrogen-bond donors (Lipinski definition) is 1. The predicted molar refractivity (Wildman–Crippen MR) is 98.5 cm³/mol. The molecule has 0 spiro atoms. The van der Waals surface area contributed by atoms with Gasteiger partial charge in [0.1, 0.15) is 0 Å². The van der Waals surface area contributed by atoms with Gasteiger partial charge in [0.15, 0.2) is 0 Å². The van der Waals surface area contributed by atoms with Crippen molar-refractivity contribution in [2.24, 2.45) is 5.92 Å². The second kappa shape index (κ2) is 8.15. The molecule has 1 aliphatic heterocycles. The van der Waals surface area contributed by atoms with Crippen LogP contribution >= 0.6 is 0 Å². The number of benzene rings is 1. The summed E-state index contributed by atoms with van der Waals surface area (Å²) in [4.78, 5) is 16.7. The lowest BCUT2D eigenvalue weighted by atomic mass is 9.99. The van der Waals surface area contributed by atoms with E-state index in [1.165, 1.54) is 18.4 Å². The van der Waals surface area contributed by atoms with Crippen molar-refractivity contribution >= 4 is 16.1 Å². The molecule has 2 heterocycles.